The van der Waals surface area contributed by atoms with Gasteiger partial charge in [0.2, 0.25) is 5.95 Å². The van der Waals surface area contributed by atoms with Crippen LogP contribution >= 0.6 is 0 Å². The molecular formula is C20H17N5O. The zero-order chi connectivity index (χ0) is 18.5. The van der Waals surface area contributed by atoms with E-state index in [9.17, 15) is 4.79 Å². The Labute approximate surface area is 151 Å². The van der Waals surface area contributed by atoms with Crippen molar-refractivity contribution in [1.82, 2.24) is 9.97 Å². The van der Waals surface area contributed by atoms with Crippen molar-refractivity contribution in [3.8, 4) is 6.07 Å². The number of nitriles is 1. The molecule has 0 aliphatic heterocycles. The van der Waals surface area contributed by atoms with Crippen molar-refractivity contribution in [2.24, 2.45) is 0 Å². The number of nitrogens with one attached hydrogen (secondary N) is 2. The summed E-state index contributed by atoms with van der Waals surface area (Å²) in [5.74, 6) is -0.0762. The van der Waals surface area contributed by atoms with Gasteiger partial charge < -0.3 is 10.6 Å². The second-order valence-corrected chi connectivity index (χ2v) is 5.80. The van der Waals surface area contributed by atoms with Crippen molar-refractivity contribution in [3.05, 3.63) is 77.1 Å². The number of hydrogen-bond donors (Lipinski definition) is 2. The van der Waals surface area contributed by atoms with Gasteiger partial charge in [0.25, 0.3) is 5.91 Å². The van der Waals surface area contributed by atoms with E-state index in [0.717, 1.165) is 11.3 Å². The molecule has 0 spiro atoms. The molecule has 3 aromatic rings. The van der Waals surface area contributed by atoms with Crippen LogP contribution in [0.1, 0.15) is 27.2 Å². The number of carbonyl (C=O) groups excluding carboxylic acids is 1. The van der Waals surface area contributed by atoms with Crippen LogP contribution in [-0.4, -0.2) is 15.9 Å². The average molecular weight is 343 g/mol. The van der Waals surface area contributed by atoms with E-state index in [1.54, 1.807) is 24.3 Å². The lowest BCUT2D eigenvalue weighted by Gasteiger charge is -2.09. The Morgan fingerprint density at radius 1 is 1.08 bits per heavy atom. The molecule has 0 radical (unpaired) electrons. The third-order valence-electron chi connectivity index (χ3n) is 3.95. The van der Waals surface area contributed by atoms with Gasteiger partial charge in [-0.25, -0.2) is 9.97 Å². The van der Waals surface area contributed by atoms with Crippen LogP contribution in [-0.2, 0) is 0 Å². The first-order valence-electron chi connectivity index (χ1n) is 8.04. The fourth-order valence-corrected chi connectivity index (χ4v) is 2.37. The van der Waals surface area contributed by atoms with E-state index in [1.165, 1.54) is 17.8 Å². The number of para-hydroxylation sites is 1. The lowest BCUT2D eigenvalue weighted by molar-refractivity contribution is 0.102. The third-order valence-corrected chi connectivity index (χ3v) is 3.95. The van der Waals surface area contributed by atoms with Crippen molar-refractivity contribution >= 4 is 23.2 Å². The fraction of sp³-hybridized carbons (Fsp3) is 0.100. The highest BCUT2D eigenvalue weighted by Gasteiger charge is 2.11. The molecule has 0 bridgehead atoms. The molecule has 2 N–H and O–H groups in total. The number of aromatic nitrogens is 2. The molecule has 0 aliphatic carbocycles. The normalized spacial score (nSPS) is 10.0. The highest BCUT2D eigenvalue weighted by atomic mass is 16.1. The Morgan fingerprint density at radius 3 is 2.65 bits per heavy atom. The molecule has 0 fully saturated rings. The maximum Gasteiger partial charge on any atom is 0.274 e. The Morgan fingerprint density at radius 2 is 1.88 bits per heavy atom. The summed E-state index contributed by atoms with van der Waals surface area (Å²) in [6.45, 7) is 4.07. The van der Waals surface area contributed by atoms with Crippen LogP contribution in [0.25, 0.3) is 0 Å². The first kappa shape index (κ1) is 17.1. The van der Waals surface area contributed by atoms with Crippen LogP contribution < -0.4 is 10.6 Å². The van der Waals surface area contributed by atoms with Gasteiger partial charge in [0.15, 0.2) is 0 Å². The SMILES string of the molecule is Cc1ccc(Nc2nccc(C(=O)Nc3ccccc3C#N)n2)cc1C. The van der Waals surface area contributed by atoms with Gasteiger partial charge in [-0.05, 0) is 55.3 Å². The summed E-state index contributed by atoms with van der Waals surface area (Å²) in [4.78, 5) is 20.9. The minimum Gasteiger partial charge on any atom is -0.324 e. The maximum atomic E-state index is 12.4. The number of anilines is 3. The largest absolute Gasteiger partial charge is 0.324 e. The van der Waals surface area contributed by atoms with Crippen molar-refractivity contribution in [2.75, 3.05) is 10.6 Å². The predicted molar refractivity (Wildman–Crippen MR) is 100 cm³/mol. The molecule has 6 nitrogen and oxygen atoms in total. The smallest absolute Gasteiger partial charge is 0.274 e. The Hall–Kier alpha value is -3.72. The lowest BCUT2D eigenvalue weighted by atomic mass is 10.1. The highest BCUT2D eigenvalue weighted by Crippen LogP contribution is 2.18. The molecule has 128 valence electrons. The standard InChI is InChI=1S/C20H17N5O/c1-13-7-8-16(11-14(13)2)23-20-22-10-9-18(25-20)19(26)24-17-6-4-3-5-15(17)12-21/h3-11H,1-2H3,(H,24,26)(H,22,23,25). The second kappa shape index (κ2) is 7.45. The summed E-state index contributed by atoms with van der Waals surface area (Å²) in [5.41, 5.74) is 4.24. The van der Waals surface area contributed by atoms with E-state index >= 15 is 0 Å². The van der Waals surface area contributed by atoms with Crippen LogP contribution in [0.5, 0.6) is 0 Å². The number of hydrogen-bond acceptors (Lipinski definition) is 5. The van der Waals surface area contributed by atoms with Crippen molar-refractivity contribution in [3.63, 3.8) is 0 Å². The van der Waals surface area contributed by atoms with Crippen molar-refractivity contribution in [1.29, 1.82) is 5.26 Å². The quantitative estimate of drug-likeness (QED) is 0.748. The first-order chi connectivity index (χ1) is 12.6. The monoisotopic (exact) mass is 343 g/mol. The van der Waals surface area contributed by atoms with E-state index in [4.69, 9.17) is 5.26 Å². The zero-order valence-electron chi connectivity index (χ0n) is 14.4. The molecule has 0 unspecified atom stereocenters. The highest BCUT2D eigenvalue weighted by molar-refractivity contribution is 6.03. The summed E-state index contributed by atoms with van der Waals surface area (Å²) in [7, 11) is 0. The summed E-state index contributed by atoms with van der Waals surface area (Å²) in [6.07, 6.45) is 1.52. The number of benzene rings is 2. The van der Waals surface area contributed by atoms with E-state index in [2.05, 4.69) is 20.6 Å². The summed E-state index contributed by atoms with van der Waals surface area (Å²) < 4.78 is 0. The van der Waals surface area contributed by atoms with Crippen LogP contribution in [0.15, 0.2) is 54.7 Å². The number of nitrogens with zero attached hydrogens (tertiary/aromatic N) is 3. The number of rotatable bonds is 4. The van der Waals surface area contributed by atoms with E-state index in [1.807, 2.05) is 38.1 Å². The first-order valence-corrected chi connectivity index (χ1v) is 8.04. The molecule has 1 heterocycles. The average Bonchev–Trinajstić information content (AvgIpc) is 2.65. The summed E-state index contributed by atoms with van der Waals surface area (Å²) >= 11 is 0. The molecule has 1 aromatic heterocycles. The van der Waals surface area contributed by atoms with Crippen LogP contribution in [0, 0.1) is 25.2 Å². The Bertz CT molecular complexity index is 1010. The topological polar surface area (TPSA) is 90.7 Å². The van der Waals surface area contributed by atoms with E-state index < -0.39 is 5.91 Å². The van der Waals surface area contributed by atoms with Gasteiger partial charge in [0, 0.05) is 11.9 Å². The Kier molecular flexibility index (Phi) is 4.90. The minimum atomic E-state index is -0.404. The minimum absolute atomic E-state index is 0.207. The molecule has 6 heteroatoms. The Balaban J connectivity index is 1.79. The molecule has 0 saturated heterocycles. The van der Waals surface area contributed by atoms with E-state index in [0.29, 0.717) is 17.2 Å². The van der Waals surface area contributed by atoms with Gasteiger partial charge in [-0.15, -0.1) is 0 Å². The molecular weight excluding hydrogens is 326 g/mol. The molecule has 3 rings (SSSR count). The van der Waals surface area contributed by atoms with Crippen molar-refractivity contribution in [2.45, 2.75) is 13.8 Å². The van der Waals surface area contributed by atoms with Gasteiger partial charge in [-0.2, -0.15) is 5.26 Å². The second-order valence-electron chi connectivity index (χ2n) is 5.80. The van der Waals surface area contributed by atoms with Crippen molar-refractivity contribution < 1.29 is 4.79 Å². The van der Waals surface area contributed by atoms with Crippen LogP contribution in [0.3, 0.4) is 0 Å². The van der Waals surface area contributed by atoms with Gasteiger partial charge in [-0.1, -0.05) is 18.2 Å². The lowest BCUT2D eigenvalue weighted by Crippen LogP contribution is -2.15. The van der Waals surface area contributed by atoms with Crippen LogP contribution in [0.4, 0.5) is 17.3 Å². The fourth-order valence-electron chi connectivity index (χ4n) is 2.37. The van der Waals surface area contributed by atoms with Gasteiger partial charge >= 0.3 is 0 Å². The van der Waals surface area contributed by atoms with Gasteiger partial charge in [0.05, 0.1) is 11.3 Å². The van der Waals surface area contributed by atoms with Gasteiger partial charge in [0.1, 0.15) is 11.8 Å². The number of aryl methyl sites for hydroxylation is 2. The molecule has 0 saturated carbocycles. The summed E-state index contributed by atoms with van der Waals surface area (Å²) in [5, 5.41) is 14.9. The number of carbonyl (C=O) groups is 1. The molecule has 2 aromatic carbocycles. The zero-order valence-corrected chi connectivity index (χ0v) is 14.4. The van der Waals surface area contributed by atoms with Gasteiger partial charge in [-0.3, -0.25) is 4.79 Å². The van der Waals surface area contributed by atoms with Crippen LogP contribution in [0.2, 0.25) is 0 Å². The predicted octanol–water partition coefficient (Wildman–Crippen LogP) is 3.96. The third kappa shape index (κ3) is 3.84. The molecule has 0 atom stereocenters. The molecule has 0 aliphatic rings. The number of amides is 1. The molecule has 26 heavy (non-hydrogen) atoms. The van der Waals surface area contributed by atoms with E-state index in [-0.39, 0.29) is 5.69 Å². The molecule has 1 amide bonds. The summed E-state index contributed by atoms with van der Waals surface area (Å²) in [6, 6.07) is 16.3. The maximum absolute atomic E-state index is 12.4.